The summed E-state index contributed by atoms with van der Waals surface area (Å²) in [6, 6.07) is 10.1. The molecule has 2 aliphatic rings. The molecule has 150 valence electrons. The maximum Gasteiger partial charge on any atom is 0.320 e. The van der Waals surface area contributed by atoms with Crippen LogP contribution in [0, 0.1) is 5.92 Å². The number of carbonyl (C=O) groups is 2. The van der Waals surface area contributed by atoms with Gasteiger partial charge in [0.1, 0.15) is 0 Å². The average molecular weight is 395 g/mol. The van der Waals surface area contributed by atoms with Crippen LogP contribution in [0.1, 0.15) is 31.2 Å². The monoisotopic (exact) mass is 394 g/mol. The molecule has 1 aromatic rings. The van der Waals surface area contributed by atoms with Crippen molar-refractivity contribution in [1.29, 1.82) is 0 Å². The number of nitrogens with two attached hydrogens (primary N) is 1. The molecule has 2 N–H and O–H groups in total. The van der Waals surface area contributed by atoms with E-state index < -0.39 is 0 Å². The van der Waals surface area contributed by atoms with Crippen LogP contribution < -0.4 is 5.73 Å². The second-order valence-electron chi connectivity index (χ2n) is 7.57. The molecule has 1 unspecified atom stereocenters. The fourth-order valence-electron chi connectivity index (χ4n) is 3.95. The van der Waals surface area contributed by atoms with E-state index in [0.29, 0.717) is 26.2 Å². The smallest absolute Gasteiger partial charge is 0.320 e. The zero-order valence-electron chi connectivity index (χ0n) is 16.0. The van der Waals surface area contributed by atoms with Gasteiger partial charge in [0.25, 0.3) is 0 Å². The third-order valence-corrected chi connectivity index (χ3v) is 5.47. The molecule has 2 saturated heterocycles. The third-order valence-electron chi connectivity index (χ3n) is 5.47. The van der Waals surface area contributed by atoms with Gasteiger partial charge in [-0.2, -0.15) is 0 Å². The van der Waals surface area contributed by atoms with Crippen LogP contribution in [-0.4, -0.2) is 65.9 Å². The number of piperidine rings is 2. The van der Waals surface area contributed by atoms with E-state index in [2.05, 4.69) is 0 Å². The number of benzene rings is 1. The van der Waals surface area contributed by atoms with Crippen LogP contribution in [0.3, 0.4) is 0 Å². The second-order valence-corrected chi connectivity index (χ2v) is 7.57. The van der Waals surface area contributed by atoms with Crippen molar-refractivity contribution >= 4 is 24.3 Å². The number of amides is 3. The van der Waals surface area contributed by atoms with Gasteiger partial charge in [0.2, 0.25) is 5.91 Å². The first-order valence-corrected chi connectivity index (χ1v) is 9.63. The highest BCUT2D eigenvalue weighted by Crippen LogP contribution is 2.22. The minimum Gasteiger partial charge on any atom is -0.341 e. The summed E-state index contributed by atoms with van der Waals surface area (Å²) in [5.74, 6) is 0.258. The van der Waals surface area contributed by atoms with Crippen LogP contribution in [0.4, 0.5) is 4.79 Å². The molecule has 3 rings (SSSR count). The van der Waals surface area contributed by atoms with Crippen LogP contribution in [-0.2, 0) is 11.3 Å². The zero-order chi connectivity index (χ0) is 18.5. The number of nitrogens with zero attached hydrogens (tertiary/aromatic N) is 3. The Morgan fingerprint density at radius 2 is 1.74 bits per heavy atom. The number of rotatable bonds is 3. The molecule has 0 aliphatic carbocycles. The summed E-state index contributed by atoms with van der Waals surface area (Å²) in [6.45, 7) is 3.40. The predicted octanol–water partition coefficient (Wildman–Crippen LogP) is 2.32. The lowest BCUT2D eigenvalue weighted by Gasteiger charge is -2.38. The first kappa shape index (κ1) is 21.5. The summed E-state index contributed by atoms with van der Waals surface area (Å²) >= 11 is 0. The summed E-state index contributed by atoms with van der Waals surface area (Å²) in [7, 11) is 1.84. The van der Waals surface area contributed by atoms with E-state index in [1.807, 2.05) is 47.2 Å². The van der Waals surface area contributed by atoms with Crippen molar-refractivity contribution in [3.05, 3.63) is 35.9 Å². The van der Waals surface area contributed by atoms with Crippen molar-refractivity contribution in [2.24, 2.45) is 11.7 Å². The molecule has 1 atom stereocenters. The molecule has 0 spiro atoms. The zero-order valence-corrected chi connectivity index (χ0v) is 16.9. The quantitative estimate of drug-likeness (QED) is 0.855. The normalized spacial score (nSPS) is 20.7. The van der Waals surface area contributed by atoms with E-state index in [9.17, 15) is 9.59 Å². The lowest BCUT2D eigenvalue weighted by molar-refractivity contribution is -0.138. The highest BCUT2D eigenvalue weighted by molar-refractivity contribution is 5.85. The minimum atomic E-state index is 0. The van der Waals surface area contributed by atoms with Crippen LogP contribution >= 0.6 is 12.4 Å². The fourth-order valence-corrected chi connectivity index (χ4v) is 3.95. The average Bonchev–Trinajstić information content (AvgIpc) is 2.67. The van der Waals surface area contributed by atoms with E-state index in [1.165, 1.54) is 0 Å². The molecule has 0 aromatic heterocycles. The Kier molecular flexibility index (Phi) is 7.92. The molecule has 0 radical (unpaired) electrons. The molecule has 2 fully saturated rings. The first-order valence-electron chi connectivity index (χ1n) is 9.63. The van der Waals surface area contributed by atoms with Crippen LogP contribution in [0.25, 0.3) is 0 Å². The Balaban J connectivity index is 0.00000261. The summed E-state index contributed by atoms with van der Waals surface area (Å²) < 4.78 is 0. The van der Waals surface area contributed by atoms with Gasteiger partial charge in [0.15, 0.2) is 0 Å². The molecule has 1 aromatic carbocycles. The van der Waals surface area contributed by atoms with E-state index >= 15 is 0 Å². The molecule has 2 heterocycles. The van der Waals surface area contributed by atoms with E-state index in [-0.39, 0.29) is 36.3 Å². The number of halogens is 1. The highest BCUT2D eigenvalue weighted by atomic mass is 35.5. The molecule has 2 aliphatic heterocycles. The molecule has 0 saturated carbocycles. The van der Waals surface area contributed by atoms with Crippen molar-refractivity contribution in [1.82, 2.24) is 14.7 Å². The fraction of sp³-hybridized carbons (Fsp3) is 0.600. The van der Waals surface area contributed by atoms with Crippen molar-refractivity contribution in [3.63, 3.8) is 0 Å². The van der Waals surface area contributed by atoms with Gasteiger partial charge < -0.3 is 20.4 Å². The molecular weight excluding hydrogens is 364 g/mol. The topological polar surface area (TPSA) is 69.9 Å². The number of likely N-dealkylation sites (tertiary alicyclic amines) is 2. The van der Waals surface area contributed by atoms with Gasteiger partial charge >= 0.3 is 6.03 Å². The van der Waals surface area contributed by atoms with Gasteiger partial charge in [-0.1, -0.05) is 30.3 Å². The summed E-state index contributed by atoms with van der Waals surface area (Å²) in [4.78, 5) is 30.9. The standard InChI is InChI=1S/C20H30N4O2.ClH/c1-22(14-16-6-3-2-4-7-16)20(26)23-12-9-17(10-13-23)19(25)24-11-5-8-18(21)15-24;/h2-4,6-7,17-18H,5,8-15,21H2,1H3;1H. The Hall–Kier alpha value is -1.79. The molecule has 6 nitrogen and oxygen atoms in total. The van der Waals surface area contributed by atoms with E-state index in [0.717, 1.165) is 37.8 Å². The van der Waals surface area contributed by atoms with Crippen molar-refractivity contribution in [2.45, 2.75) is 38.3 Å². The number of urea groups is 1. The number of hydrogen-bond donors (Lipinski definition) is 1. The summed E-state index contributed by atoms with van der Waals surface area (Å²) in [5.41, 5.74) is 7.12. The third kappa shape index (κ3) is 5.59. The first-order chi connectivity index (χ1) is 12.5. The van der Waals surface area contributed by atoms with E-state index in [4.69, 9.17) is 5.73 Å². The van der Waals surface area contributed by atoms with Gasteiger partial charge in [-0.05, 0) is 31.2 Å². The molecular formula is C20H31ClN4O2. The van der Waals surface area contributed by atoms with Crippen molar-refractivity contribution in [2.75, 3.05) is 33.2 Å². The molecule has 3 amide bonds. The SMILES string of the molecule is CN(Cc1ccccc1)C(=O)N1CCC(C(=O)N2CCCC(N)C2)CC1.Cl. The van der Waals surface area contributed by atoms with Gasteiger partial charge in [0.05, 0.1) is 0 Å². The second kappa shape index (κ2) is 9.95. The maximum absolute atomic E-state index is 12.7. The largest absolute Gasteiger partial charge is 0.341 e. The molecule has 7 heteroatoms. The minimum absolute atomic E-state index is 0. The molecule has 27 heavy (non-hydrogen) atoms. The maximum atomic E-state index is 12.7. The Morgan fingerprint density at radius 3 is 2.37 bits per heavy atom. The lowest BCUT2D eigenvalue weighted by Crippen LogP contribution is -2.51. The van der Waals surface area contributed by atoms with E-state index in [1.54, 1.807) is 4.90 Å². The Labute approximate surface area is 168 Å². The lowest BCUT2D eigenvalue weighted by atomic mass is 9.94. The Morgan fingerprint density at radius 1 is 1.07 bits per heavy atom. The highest BCUT2D eigenvalue weighted by Gasteiger charge is 2.32. The van der Waals surface area contributed by atoms with Gasteiger partial charge in [-0.15, -0.1) is 12.4 Å². The van der Waals surface area contributed by atoms with Crippen LogP contribution in [0.2, 0.25) is 0 Å². The van der Waals surface area contributed by atoms with Gasteiger partial charge in [0, 0.05) is 51.7 Å². The summed E-state index contributed by atoms with van der Waals surface area (Å²) in [5, 5.41) is 0. The predicted molar refractivity (Wildman–Crippen MR) is 109 cm³/mol. The van der Waals surface area contributed by atoms with Gasteiger partial charge in [-0.3, -0.25) is 4.79 Å². The number of carbonyl (C=O) groups excluding carboxylic acids is 2. The number of hydrogen-bond acceptors (Lipinski definition) is 3. The van der Waals surface area contributed by atoms with Crippen LogP contribution in [0.15, 0.2) is 30.3 Å². The van der Waals surface area contributed by atoms with Crippen molar-refractivity contribution < 1.29 is 9.59 Å². The van der Waals surface area contributed by atoms with Gasteiger partial charge in [-0.25, -0.2) is 4.79 Å². The van der Waals surface area contributed by atoms with Crippen molar-refractivity contribution in [3.8, 4) is 0 Å². The summed E-state index contributed by atoms with van der Waals surface area (Å²) in [6.07, 6.45) is 3.49. The molecule has 0 bridgehead atoms. The van der Waals surface area contributed by atoms with Crippen LogP contribution in [0.5, 0.6) is 0 Å². The Bertz CT molecular complexity index is 620.